The van der Waals surface area contributed by atoms with Crippen molar-refractivity contribution in [3.8, 4) is 0 Å². The number of hydrogen-bond acceptors (Lipinski definition) is 5. The van der Waals surface area contributed by atoms with E-state index in [-0.39, 0.29) is 22.0 Å². The average molecular weight is 331 g/mol. The molecular weight excluding hydrogens is 321 g/mol. The number of hydrogen-bond donors (Lipinski definition) is 2. The lowest BCUT2D eigenvalue weighted by atomic mass is 10.2. The molecule has 3 N–H and O–H groups in total. The molecule has 0 bridgehead atoms. The van der Waals surface area contributed by atoms with Gasteiger partial charge in [-0.05, 0) is 18.2 Å². The van der Waals surface area contributed by atoms with Gasteiger partial charge in [-0.1, -0.05) is 12.2 Å². The normalized spacial score (nSPS) is 11.4. The van der Waals surface area contributed by atoms with E-state index in [0.29, 0.717) is 5.01 Å². The number of halogens is 1. The zero-order valence-electron chi connectivity index (χ0n) is 10.0. The Kier molecular flexibility index (Phi) is 4.43. The average Bonchev–Trinajstić information content (AvgIpc) is 2.89. The molecule has 0 aliphatic carbocycles. The van der Waals surface area contributed by atoms with Crippen LogP contribution < -0.4 is 10.5 Å². The molecule has 1 aromatic heterocycles. The van der Waals surface area contributed by atoms with Gasteiger partial charge in [-0.15, -0.1) is 11.3 Å². The van der Waals surface area contributed by atoms with E-state index in [1.165, 1.54) is 11.3 Å². The van der Waals surface area contributed by atoms with Crippen LogP contribution in [0, 0.1) is 5.82 Å². The Labute approximate surface area is 124 Å². The number of sulfonamides is 1. The van der Waals surface area contributed by atoms with E-state index in [0.717, 1.165) is 18.2 Å². The molecule has 1 aromatic carbocycles. The summed E-state index contributed by atoms with van der Waals surface area (Å²) in [5.41, 5.74) is 5.25. The van der Waals surface area contributed by atoms with E-state index in [1.54, 1.807) is 11.6 Å². The van der Waals surface area contributed by atoms with Crippen LogP contribution in [0.15, 0.2) is 34.7 Å². The summed E-state index contributed by atoms with van der Waals surface area (Å²) >= 11 is 6.01. The fourth-order valence-corrected chi connectivity index (χ4v) is 3.26. The number of thiazole rings is 1. The molecule has 0 fully saturated rings. The maximum Gasteiger partial charge on any atom is 0.240 e. The third-order valence-electron chi connectivity index (χ3n) is 2.41. The van der Waals surface area contributed by atoms with E-state index in [2.05, 4.69) is 21.9 Å². The molecule has 0 atom stereocenters. The number of aromatic nitrogens is 1. The van der Waals surface area contributed by atoms with Gasteiger partial charge in [-0.25, -0.2) is 22.5 Å². The molecular formula is C11H10FN3O2S3. The summed E-state index contributed by atoms with van der Waals surface area (Å²) in [6.07, 6.45) is 1.58. The Morgan fingerprint density at radius 1 is 1.50 bits per heavy atom. The first-order chi connectivity index (χ1) is 9.40. The lowest BCUT2D eigenvalue weighted by Crippen LogP contribution is -2.24. The number of benzene rings is 1. The third kappa shape index (κ3) is 3.37. The van der Waals surface area contributed by atoms with Crippen LogP contribution in [0.1, 0.15) is 10.6 Å². The van der Waals surface area contributed by atoms with Crippen LogP contribution in [0.2, 0.25) is 0 Å². The molecule has 106 valence electrons. The minimum absolute atomic E-state index is 0.0692. The van der Waals surface area contributed by atoms with Gasteiger partial charge in [0.05, 0.1) is 11.4 Å². The van der Waals surface area contributed by atoms with Gasteiger partial charge in [0.25, 0.3) is 0 Å². The zero-order valence-corrected chi connectivity index (χ0v) is 12.5. The van der Waals surface area contributed by atoms with Crippen molar-refractivity contribution in [3.63, 3.8) is 0 Å². The van der Waals surface area contributed by atoms with Crippen LogP contribution in [-0.4, -0.2) is 18.4 Å². The smallest absolute Gasteiger partial charge is 0.240 e. The van der Waals surface area contributed by atoms with Gasteiger partial charge in [0.2, 0.25) is 10.0 Å². The summed E-state index contributed by atoms with van der Waals surface area (Å²) in [4.78, 5) is 3.67. The first-order valence-electron chi connectivity index (χ1n) is 5.37. The quantitative estimate of drug-likeness (QED) is 0.809. The van der Waals surface area contributed by atoms with Crippen LogP contribution in [-0.2, 0) is 16.6 Å². The van der Waals surface area contributed by atoms with Gasteiger partial charge < -0.3 is 5.73 Å². The highest BCUT2D eigenvalue weighted by Crippen LogP contribution is 2.16. The first-order valence-corrected chi connectivity index (χ1v) is 8.14. The molecule has 2 aromatic rings. The van der Waals surface area contributed by atoms with E-state index >= 15 is 0 Å². The van der Waals surface area contributed by atoms with E-state index < -0.39 is 15.8 Å². The number of nitrogens with zero attached hydrogens (tertiary/aromatic N) is 1. The largest absolute Gasteiger partial charge is 0.389 e. The molecule has 9 heteroatoms. The molecule has 0 unspecified atom stereocenters. The van der Waals surface area contributed by atoms with Gasteiger partial charge in [0.1, 0.15) is 15.8 Å². The van der Waals surface area contributed by atoms with Crippen molar-refractivity contribution < 1.29 is 12.8 Å². The van der Waals surface area contributed by atoms with Gasteiger partial charge in [-0.2, -0.15) is 0 Å². The van der Waals surface area contributed by atoms with Crippen molar-refractivity contribution in [1.82, 2.24) is 9.71 Å². The molecule has 2 rings (SSSR count). The summed E-state index contributed by atoms with van der Waals surface area (Å²) in [6, 6.07) is 3.29. The minimum Gasteiger partial charge on any atom is -0.389 e. The SMILES string of the molecule is NC(=S)c1cc(S(=O)(=O)NCc2nccs2)ccc1F. The fourth-order valence-electron chi connectivity index (χ4n) is 1.44. The topological polar surface area (TPSA) is 85.1 Å². The summed E-state index contributed by atoms with van der Waals surface area (Å²) in [6.45, 7) is 0.0692. The molecule has 0 saturated heterocycles. The molecule has 0 aliphatic heterocycles. The molecule has 0 aliphatic rings. The highest BCUT2D eigenvalue weighted by atomic mass is 32.2. The Hall–Kier alpha value is -1.42. The van der Waals surface area contributed by atoms with E-state index in [1.807, 2.05) is 0 Å². The lowest BCUT2D eigenvalue weighted by molar-refractivity contribution is 0.580. The Balaban J connectivity index is 2.25. The number of thiocarbonyl (C=S) groups is 1. The van der Waals surface area contributed by atoms with Crippen LogP contribution in [0.5, 0.6) is 0 Å². The molecule has 0 saturated carbocycles. The molecule has 0 radical (unpaired) electrons. The van der Waals surface area contributed by atoms with Crippen molar-refractivity contribution in [2.45, 2.75) is 11.4 Å². The van der Waals surface area contributed by atoms with E-state index in [9.17, 15) is 12.8 Å². The third-order valence-corrected chi connectivity index (χ3v) is 4.81. The molecule has 0 spiro atoms. The Morgan fingerprint density at radius 2 is 2.25 bits per heavy atom. The summed E-state index contributed by atoms with van der Waals surface area (Å²) in [5.74, 6) is -0.656. The van der Waals surface area contributed by atoms with Crippen LogP contribution in [0.3, 0.4) is 0 Å². The van der Waals surface area contributed by atoms with Crippen molar-refractivity contribution in [3.05, 3.63) is 46.2 Å². The number of nitrogens with one attached hydrogen (secondary N) is 1. The fraction of sp³-hybridized carbons (Fsp3) is 0.0909. The number of rotatable bonds is 5. The maximum atomic E-state index is 13.4. The molecule has 5 nitrogen and oxygen atoms in total. The van der Waals surface area contributed by atoms with Crippen molar-refractivity contribution in [1.29, 1.82) is 0 Å². The standard InChI is InChI=1S/C11H10FN3O2S3/c12-9-2-1-7(5-8(9)11(13)18)20(16,17)15-6-10-14-3-4-19-10/h1-5,15H,6H2,(H2,13,18). The first kappa shape index (κ1) is 15.0. The highest BCUT2D eigenvalue weighted by molar-refractivity contribution is 7.89. The second-order valence-electron chi connectivity index (χ2n) is 3.76. The van der Waals surface area contributed by atoms with Crippen LogP contribution in [0.25, 0.3) is 0 Å². The van der Waals surface area contributed by atoms with Gasteiger partial charge in [0, 0.05) is 17.1 Å². The zero-order chi connectivity index (χ0) is 14.8. The van der Waals surface area contributed by atoms with Crippen molar-refractivity contribution in [2.24, 2.45) is 5.73 Å². The minimum atomic E-state index is -3.77. The van der Waals surface area contributed by atoms with Crippen LogP contribution >= 0.6 is 23.6 Å². The monoisotopic (exact) mass is 331 g/mol. The Bertz CT molecular complexity index is 729. The highest BCUT2D eigenvalue weighted by Gasteiger charge is 2.17. The van der Waals surface area contributed by atoms with E-state index in [4.69, 9.17) is 5.73 Å². The second kappa shape index (κ2) is 5.92. The summed E-state index contributed by atoms with van der Waals surface area (Å²) in [5, 5.41) is 2.37. The van der Waals surface area contributed by atoms with Crippen LogP contribution in [0.4, 0.5) is 4.39 Å². The molecule has 20 heavy (non-hydrogen) atoms. The van der Waals surface area contributed by atoms with Gasteiger partial charge >= 0.3 is 0 Å². The summed E-state index contributed by atoms with van der Waals surface area (Å²) < 4.78 is 39.9. The number of nitrogens with two attached hydrogens (primary N) is 1. The molecule has 0 amide bonds. The van der Waals surface area contributed by atoms with Crippen molar-refractivity contribution >= 4 is 38.6 Å². The Morgan fingerprint density at radius 3 is 2.85 bits per heavy atom. The lowest BCUT2D eigenvalue weighted by Gasteiger charge is -2.07. The van der Waals surface area contributed by atoms with Gasteiger partial charge in [0.15, 0.2) is 0 Å². The van der Waals surface area contributed by atoms with Gasteiger partial charge in [-0.3, -0.25) is 0 Å². The van der Waals surface area contributed by atoms with Crippen molar-refractivity contribution in [2.75, 3.05) is 0 Å². The molecule has 1 heterocycles. The predicted molar refractivity (Wildman–Crippen MR) is 78.4 cm³/mol. The second-order valence-corrected chi connectivity index (χ2v) is 6.94. The summed E-state index contributed by atoms with van der Waals surface area (Å²) in [7, 11) is -3.77. The predicted octanol–water partition coefficient (Wildman–Crippen LogP) is 1.39. The maximum absolute atomic E-state index is 13.4.